The summed E-state index contributed by atoms with van der Waals surface area (Å²) in [5, 5.41) is 0. The molecule has 0 heterocycles. The Bertz CT molecular complexity index is 191. The second kappa shape index (κ2) is 6.46. The van der Waals surface area contributed by atoms with Gasteiger partial charge < -0.3 is 10.5 Å². The molecule has 0 aromatic carbocycles. The zero-order valence-electron chi connectivity index (χ0n) is 7.54. The van der Waals surface area contributed by atoms with Crippen molar-refractivity contribution < 1.29 is 9.53 Å². The first-order valence-corrected chi connectivity index (χ1v) is 3.92. The normalized spacial score (nSPS) is 12.0. The highest BCUT2D eigenvalue weighted by Crippen LogP contribution is 1.87. The van der Waals surface area contributed by atoms with E-state index in [4.69, 9.17) is 10.5 Å². The van der Waals surface area contributed by atoms with Gasteiger partial charge in [-0.1, -0.05) is 19.1 Å². The summed E-state index contributed by atoms with van der Waals surface area (Å²) in [4.78, 5) is 10.8. The maximum Gasteiger partial charge on any atom is 0.332 e. The van der Waals surface area contributed by atoms with Gasteiger partial charge in [0.15, 0.2) is 0 Å². The van der Waals surface area contributed by atoms with Crippen molar-refractivity contribution in [3.05, 3.63) is 23.9 Å². The van der Waals surface area contributed by atoms with E-state index in [1.54, 1.807) is 13.0 Å². The van der Waals surface area contributed by atoms with Gasteiger partial charge in [-0.05, 0) is 13.3 Å². The molecule has 0 aliphatic carbocycles. The van der Waals surface area contributed by atoms with Crippen LogP contribution in [0.15, 0.2) is 23.9 Å². The van der Waals surface area contributed by atoms with Gasteiger partial charge in [0.25, 0.3) is 0 Å². The third kappa shape index (κ3) is 6.86. The van der Waals surface area contributed by atoms with Crippen molar-refractivity contribution in [2.75, 3.05) is 6.61 Å². The Morgan fingerprint density at radius 3 is 2.67 bits per heavy atom. The van der Waals surface area contributed by atoms with E-state index in [9.17, 15) is 4.79 Å². The van der Waals surface area contributed by atoms with Crippen molar-refractivity contribution >= 4 is 5.97 Å². The van der Waals surface area contributed by atoms with E-state index in [1.165, 1.54) is 6.08 Å². The fourth-order valence-corrected chi connectivity index (χ4v) is 0.593. The number of hydrogen-bond acceptors (Lipinski definition) is 3. The maximum absolute atomic E-state index is 10.8. The van der Waals surface area contributed by atoms with Crippen LogP contribution in [-0.2, 0) is 9.53 Å². The van der Waals surface area contributed by atoms with E-state index in [2.05, 4.69) is 0 Å². The number of esters is 1. The fraction of sp³-hybridized carbons (Fsp3) is 0.444. The van der Waals surface area contributed by atoms with Gasteiger partial charge in [0.1, 0.15) is 6.61 Å². The number of carbonyl (C=O) groups is 1. The van der Waals surface area contributed by atoms with Gasteiger partial charge in [0.2, 0.25) is 0 Å². The molecule has 68 valence electrons. The molecular formula is C9H15NO2. The molecule has 0 bridgehead atoms. The van der Waals surface area contributed by atoms with Crippen LogP contribution in [0.3, 0.4) is 0 Å². The van der Waals surface area contributed by atoms with Crippen molar-refractivity contribution in [2.45, 2.75) is 20.3 Å². The molecule has 0 atom stereocenters. The number of allylic oxidation sites excluding steroid dienone is 2. The summed E-state index contributed by atoms with van der Waals surface area (Å²) in [6.07, 6.45) is 5.95. The third-order valence-corrected chi connectivity index (χ3v) is 1.07. The van der Waals surface area contributed by atoms with Gasteiger partial charge in [0, 0.05) is 11.8 Å². The summed E-state index contributed by atoms with van der Waals surface area (Å²) in [5.41, 5.74) is 5.72. The average molecular weight is 169 g/mol. The molecule has 0 aromatic heterocycles. The Hall–Kier alpha value is -1.25. The largest absolute Gasteiger partial charge is 0.458 e. The first kappa shape index (κ1) is 10.8. The molecule has 0 amide bonds. The van der Waals surface area contributed by atoms with Crippen LogP contribution in [0.25, 0.3) is 0 Å². The predicted molar refractivity (Wildman–Crippen MR) is 48.3 cm³/mol. The molecule has 12 heavy (non-hydrogen) atoms. The van der Waals surface area contributed by atoms with Crippen LogP contribution in [0, 0.1) is 0 Å². The number of nitrogens with two attached hydrogens (primary N) is 1. The van der Waals surface area contributed by atoms with Gasteiger partial charge in [-0.15, -0.1) is 0 Å². The Morgan fingerprint density at radius 1 is 1.50 bits per heavy atom. The monoisotopic (exact) mass is 169 g/mol. The van der Waals surface area contributed by atoms with E-state index in [1.807, 2.05) is 13.0 Å². The lowest BCUT2D eigenvalue weighted by atomic mass is 10.4. The van der Waals surface area contributed by atoms with Crippen LogP contribution in [0.5, 0.6) is 0 Å². The lowest BCUT2D eigenvalue weighted by Crippen LogP contribution is -2.03. The summed E-state index contributed by atoms with van der Waals surface area (Å²) in [7, 11) is 0. The Labute approximate surface area is 72.9 Å². The van der Waals surface area contributed by atoms with E-state index in [0.29, 0.717) is 12.3 Å². The molecule has 0 radical (unpaired) electrons. The number of carbonyl (C=O) groups excluding carboxylic acids is 1. The van der Waals surface area contributed by atoms with E-state index < -0.39 is 5.97 Å². The lowest BCUT2D eigenvalue weighted by Gasteiger charge is -1.96. The SMILES string of the molecule is CC/C=C/COC(=O)/C=C(/C)N. The summed E-state index contributed by atoms with van der Waals surface area (Å²) >= 11 is 0. The highest BCUT2D eigenvalue weighted by Gasteiger charge is 1.94. The zero-order chi connectivity index (χ0) is 9.40. The predicted octanol–water partition coefficient (Wildman–Crippen LogP) is 1.36. The number of rotatable bonds is 4. The van der Waals surface area contributed by atoms with Gasteiger partial charge in [-0.3, -0.25) is 0 Å². The Morgan fingerprint density at radius 2 is 2.17 bits per heavy atom. The molecule has 3 heteroatoms. The molecule has 2 N–H and O–H groups in total. The highest BCUT2D eigenvalue weighted by molar-refractivity contribution is 5.82. The van der Waals surface area contributed by atoms with Gasteiger partial charge in [0.05, 0.1) is 0 Å². The lowest BCUT2D eigenvalue weighted by molar-refractivity contribution is -0.136. The van der Waals surface area contributed by atoms with Crippen LogP contribution in [0.4, 0.5) is 0 Å². The minimum Gasteiger partial charge on any atom is -0.458 e. The van der Waals surface area contributed by atoms with Crippen LogP contribution in [-0.4, -0.2) is 12.6 Å². The van der Waals surface area contributed by atoms with E-state index >= 15 is 0 Å². The van der Waals surface area contributed by atoms with Crippen LogP contribution in [0.2, 0.25) is 0 Å². The summed E-state index contributed by atoms with van der Waals surface area (Å²) in [6.45, 7) is 3.97. The van der Waals surface area contributed by atoms with Crippen molar-refractivity contribution in [1.82, 2.24) is 0 Å². The molecule has 0 aliphatic rings. The summed E-state index contributed by atoms with van der Waals surface area (Å²) < 4.78 is 4.77. The number of ether oxygens (including phenoxy) is 1. The van der Waals surface area contributed by atoms with Gasteiger partial charge >= 0.3 is 5.97 Å². The minimum atomic E-state index is -0.393. The topological polar surface area (TPSA) is 52.3 Å². The molecule has 0 spiro atoms. The minimum absolute atomic E-state index is 0.316. The maximum atomic E-state index is 10.8. The smallest absolute Gasteiger partial charge is 0.332 e. The molecule has 0 saturated heterocycles. The fourth-order valence-electron chi connectivity index (χ4n) is 0.593. The zero-order valence-corrected chi connectivity index (χ0v) is 7.54. The van der Waals surface area contributed by atoms with Crippen molar-refractivity contribution in [1.29, 1.82) is 0 Å². The van der Waals surface area contributed by atoms with Gasteiger partial charge in [-0.2, -0.15) is 0 Å². The number of hydrogen-bond donors (Lipinski definition) is 1. The Kier molecular flexibility index (Phi) is 5.79. The van der Waals surface area contributed by atoms with E-state index in [-0.39, 0.29) is 0 Å². The third-order valence-electron chi connectivity index (χ3n) is 1.07. The molecule has 0 unspecified atom stereocenters. The molecule has 0 aliphatic heterocycles. The van der Waals surface area contributed by atoms with Crippen molar-refractivity contribution in [3.63, 3.8) is 0 Å². The van der Waals surface area contributed by atoms with Gasteiger partial charge in [-0.25, -0.2) is 4.79 Å². The Balaban J connectivity index is 3.58. The molecule has 0 saturated carbocycles. The quantitative estimate of drug-likeness (QED) is 0.392. The first-order chi connectivity index (χ1) is 5.66. The van der Waals surface area contributed by atoms with Crippen LogP contribution in [0.1, 0.15) is 20.3 Å². The molecule has 3 nitrogen and oxygen atoms in total. The van der Waals surface area contributed by atoms with Crippen molar-refractivity contribution in [3.8, 4) is 0 Å². The van der Waals surface area contributed by atoms with Crippen LogP contribution < -0.4 is 5.73 Å². The highest BCUT2D eigenvalue weighted by atomic mass is 16.5. The second-order valence-electron chi connectivity index (χ2n) is 2.40. The second-order valence-corrected chi connectivity index (χ2v) is 2.40. The van der Waals surface area contributed by atoms with E-state index in [0.717, 1.165) is 6.42 Å². The average Bonchev–Trinajstić information content (AvgIpc) is 1.97. The molecular weight excluding hydrogens is 154 g/mol. The molecule has 0 fully saturated rings. The van der Waals surface area contributed by atoms with Crippen molar-refractivity contribution in [2.24, 2.45) is 5.73 Å². The summed E-state index contributed by atoms with van der Waals surface area (Å²) in [6, 6.07) is 0. The standard InChI is InChI=1S/C9H15NO2/c1-3-4-5-6-12-9(11)7-8(2)10/h4-5,7H,3,6,10H2,1-2H3/b5-4+,8-7-. The first-order valence-electron chi connectivity index (χ1n) is 3.92. The van der Waals surface area contributed by atoms with Crippen LogP contribution >= 0.6 is 0 Å². The molecule has 0 rings (SSSR count). The summed E-state index contributed by atoms with van der Waals surface area (Å²) in [5.74, 6) is -0.393. The molecule has 0 aromatic rings.